The Hall–Kier alpha value is -1.26. The fraction of sp³-hybridized carbons (Fsp3) is 0.692. The first-order valence-corrected chi connectivity index (χ1v) is 6.71. The standard InChI is InChI=1S/C13H23BN2O2/c1-3-7-14-8-4-9-15-10-5-11-16(15)12-6-13(17)18-2/h5,10-11H,3-4,6-9,12H2,1-2H3/q+1. The minimum Gasteiger partial charge on any atom is -0.469 e. The van der Waals surface area contributed by atoms with Crippen molar-refractivity contribution < 1.29 is 14.2 Å². The summed E-state index contributed by atoms with van der Waals surface area (Å²) in [4.78, 5) is 11.1. The van der Waals surface area contributed by atoms with Crippen LogP contribution in [-0.4, -0.2) is 25.0 Å². The van der Waals surface area contributed by atoms with E-state index in [4.69, 9.17) is 0 Å². The molecule has 1 aromatic heterocycles. The van der Waals surface area contributed by atoms with Crippen LogP contribution < -0.4 is 4.68 Å². The highest BCUT2D eigenvalue weighted by atomic mass is 16.5. The van der Waals surface area contributed by atoms with Gasteiger partial charge >= 0.3 is 5.97 Å². The first-order chi connectivity index (χ1) is 8.77. The molecule has 0 aliphatic heterocycles. The minimum atomic E-state index is -0.161. The number of hydrogen-bond acceptors (Lipinski definition) is 2. The fourth-order valence-electron chi connectivity index (χ4n) is 1.87. The summed E-state index contributed by atoms with van der Waals surface area (Å²) in [7, 11) is 3.78. The van der Waals surface area contributed by atoms with Crippen LogP contribution in [0.1, 0.15) is 26.2 Å². The third kappa shape index (κ3) is 5.38. The van der Waals surface area contributed by atoms with E-state index in [2.05, 4.69) is 34.5 Å². The number of esters is 1. The highest BCUT2D eigenvalue weighted by Crippen LogP contribution is 1.96. The molecule has 4 nitrogen and oxygen atoms in total. The highest BCUT2D eigenvalue weighted by molar-refractivity contribution is 6.35. The molecular weight excluding hydrogens is 227 g/mol. The van der Waals surface area contributed by atoms with Crippen molar-refractivity contribution in [3.8, 4) is 0 Å². The monoisotopic (exact) mass is 250 g/mol. The van der Waals surface area contributed by atoms with Gasteiger partial charge < -0.3 is 4.74 Å². The minimum absolute atomic E-state index is 0.161. The first-order valence-electron chi connectivity index (χ1n) is 6.71. The van der Waals surface area contributed by atoms with Crippen LogP contribution in [0.4, 0.5) is 0 Å². The van der Waals surface area contributed by atoms with Gasteiger partial charge in [-0.25, -0.2) is 0 Å². The summed E-state index contributed by atoms with van der Waals surface area (Å²) in [5.41, 5.74) is 0. The molecule has 0 bridgehead atoms. The quantitative estimate of drug-likeness (QED) is 0.289. The maximum Gasteiger partial charge on any atom is 0.307 e. The second-order valence-corrected chi connectivity index (χ2v) is 4.36. The van der Waals surface area contributed by atoms with Gasteiger partial charge in [0.15, 0.2) is 12.7 Å². The normalized spacial score (nSPS) is 10.3. The molecule has 1 heterocycles. The Kier molecular flexibility index (Phi) is 7.22. The molecule has 18 heavy (non-hydrogen) atoms. The average Bonchev–Trinajstić information content (AvgIpc) is 2.83. The Morgan fingerprint density at radius 3 is 3.00 bits per heavy atom. The molecule has 0 aliphatic rings. The van der Waals surface area contributed by atoms with Crippen LogP contribution in [0.15, 0.2) is 18.5 Å². The van der Waals surface area contributed by atoms with Crippen molar-refractivity contribution in [1.29, 1.82) is 0 Å². The highest BCUT2D eigenvalue weighted by Gasteiger charge is 2.09. The summed E-state index contributed by atoms with van der Waals surface area (Å²) in [5, 5.41) is 0. The summed E-state index contributed by atoms with van der Waals surface area (Å²) in [6.45, 7) is 3.87. The molecule has 1 rings (SSSR count). The van der Waals surface area contributed by atoms with E-state index in [-0.39, 0.29) is 5.97 Å². The van der Waals surface area contributed by atoms with Gasteiger partial charge in [-0.2, -0.15) is 4.68 Å². The van der Waals surface area contributed by atoms with Gasteiger partial charge in [-0.3, -0.25) is 4.79 Å². The molecule has 1 aromatic rings. The second-order valence-electron chi connectivity index (χ2n) is 4.36. The van der Waals surface area contributed by atoms with Gasteiger partial charge in [0.2, 0.25) is 0 Å². The number of carbonyl (C=O) groups is 1. The molecule has 0 N–H and O–H groups in total. The molecule has 0 unspecified atom stereocenters. The number of hydrogen-bond donors (Lipinski definition) is 0. The van der Waals surface area contributed by atoms with E-state index >= 15 is 0 Å². The Bertz CT molecular complexity index is 353. The summed E-state index contributed by atoms with van der Waals surface area (Å²) in [5.74, 6) is -0.161. The lowest BCUT2D eigenvalue weighted by molar-refractivity contribution is -0.775. The van der Waals surface area contributed by atoms with Crippen LogP contribution >= 0.6 is 0 Å². The van der Waals surface area contributed by atoms with E-state index in [0.717, 1.165) is 19.3 Å². The zero-order valence-electron chi connectivity index (χ0n) is 11.5. The van der Waals surface area contributed by atoms with Crippen molar-refractivity contribution in [3.05, 3.63) is 18.5 Å². The van der Waals surface area contributed by atoms with Gasteiger partial charge in [0.25, 0.3) is 0 Å². The van der Waals surface area contributed by atoms with Gasteiger partial charge in [-0.1, -0.05) is 26.0 Å². The molecule has 0 atom stereocenters. The Morgan fingerprint density at radius 2 is 2.28 bits per heavy atom. The maximum absolute atomic E-state index is 11.1. The van der Waals surface area contributed by atoms with Gasteiger partial charge in [0, 0.05) is 12.5 Å². The van der Waals surface area contributed by atoms with Gasteiger partial charge in [-0.05, 0) is 0 Å². The predicted octanol–water partition coefficient (Wildman–Crippen LogP) is 1.68. The number of methoxy groups -OCH3 is 1. The summed E-state index contributed by atoms with van der Waals surface area (Å²) < 4.78 is 8.87. The van der Waals surface area contributed by atoms with Gasteiger partial charge in [-0.15, -0.1) is 4.68 Å². The third-order valence-corrected chi connectivity index (χ3v) is 2.91. The third-order valence-electron chi connectivity index (χ3n) is 2.91. The second kappa shape index (κ2) is 8.78. The average molecular weight is 250 g/mol. The lowest BCUT2D eigenvalue weighted by atomic mass is 9.69. The van der Waals surface area contributed by atoms with E-state index in [1.54, 1.807) is 0 Å². The lowest BCUT2D eigenvalue weighted by Crippen LogP contribution is -2.42. The SMILES string of the molecule is CCC[B]CCC[n+]1cccn1CCC(=O)OC. The van der Waals surface area contributed by atoms with E-state index in [9.17, 15) is 4.79 Å². The number of carbonyl (C=O) groups excluding carboxylic acids is 1. The van der Waals surface area contributed by atoms with Crippen molar-refractivity contribution in [1.82, 2.24) is 4.68 Å². The lowest BCUT2D eigenvalue weighted by Gasteiger charge is -2.02. The molecule has 0 fully saturated rings. The van der Waals surface area contributed by atoms with Crippen LogP contribution in [0.3, 0.4) is 0 Å². The summed E-state index contributed by atoms with van der Waals surface area (Å²) in [6.07, 6.45) is 9.20. The van der Waals surface area contributed by atoms with E-state index < -0.39 is 0 Å². The first kappa shape index (κ1) is 14.8. The molecule has 99 valence electrons. The van der Waals surface area contributed by atoms with Crippen LogP contribution in [0.25, 0.3) is 0 Å². The molecule has 0 spiro atoms. The number of rotatable bonds is 9. The van der Waals surface area contributed by atoms with Crippen molar-refractivity contribution in [3.63, 3.8) is 0 Å². The van der Waals surface area contributed by atoms with E-state index in [1.165, 1.54) is 19.9 Å². The predicted molar refractivity (Wildman–Crippen MR) is 71.5 cm³/mol. The smallest absolute Gasteiger partial charge is 0.307 e. The van der Waals surface area contributed by atoms with Crippen molar-refractivity contribution in [2.75, 3.05) is 7.11 Å². The summed E-state index contributed by atoms with van der Waals surface area (Å²) in [6, 6.07) is 2.01. The van der Waals surface area contributed by atoms with Crippen molar-refractivity contribution in [2.45, 2.75) is 51.9 Å². The molecular formula is C13H23BN2O2+. The molecule has 0 saturated carbocycles. The van der Waals surface area contributed by atoms with Crippen molar-refractivity contribution >= 4 is 13.2 Å². The Balaban J connectivity index is 2.28. The largest absolute Gasteiger partial charge is 0.469 e. The number of ether oxygens (including phenoxy) is 1. The molecule has 0 saturated heterocycles. The van der Waals surface area contributed by atoms with Gasteiger partial charge in [0.1, 0.15) is 7.28 Å². The topological polar surface area (TPSA) is 35.1 Å². The Labute approximate surface area is 110 Å². The van der Waals surface area contributed by atoms with Crippen molar-refractivity contribution in [2.24, 2.45) is 0 Å². The fourth-order valence-corrected chi connectivity index (χ4v) is 1.87. The number of nitrogens with zero attached hydrogens (tertiary/aromatic N) is 2. The van der Waals surface area contributed by atoms with Crippen LogP contribution in [0.2, 0.25) is 12.6 Å². The van der Waals surface area contributed by atoms with Crippen LogP contribution in [0, 0.1) is 0 Å². The number of aryl methyl sites for hydroxylation is 2. The molecule has 0 amide bonds. The van der Waals surface area contributed by atoms with Gasteiger partial charge in [0.05, 0.1) is 26.3 Å². The van der Waals surface area contributed by atoms with E-state index in [0.29, 0.717) is 13.0 Å². The van der Waals surface area contributed by atoms with Crippen LogP contribution in [-0.2, 0) is 22.6 Å². The maximum atomic E-state index is 11.1. The molecule has 0 aliphatic carbocycles. The molecule has 1 radical (unpaired) electrons. The number of aromatic nitrogens is 2. The van der Waals surface area contributed by atoms with E-state index in [1.807, 2.05) is 12.3 Å². The summed E-state index contributed by atoms with van der Waals surface area (Å²) >= 11 is 0. The van der Waals surface area contributed by atoms with Crippen LogP contribution in [0.5, 0.6) is 0 Å². The Morgan fingerprint density at radius 1 is 1.44 bits per heavy atom. The molecule has 0 aromatic carbocycles. The zero-order valence-corrected chi connectivity index (χ0v) is 11.5. The zero-order chi connectivity index (χ0) is 13.2. The molecule has 5 heteroatoms.